The molecule has 0 aliphatic heterocycles. The Labute approximate surface area is 130 Å². The van der Waals surface area contributed by atoms with Crippen molar-refractivity contribution in [1.82, 2.24) is 0 Å². The van der Waals surface area contributed by atoms with Crippen LogP contribution in [0.25, 0.3) is 6.08 Å². The molecule has 2 rings (SSSR count). The molecule has 0 radical (unpaired) electrons. The lowest BCUT2D eigenvalue weighted by atomic mass is 10.1. The van der Waals surface area contributed by atoms with E-state index in [4.69, 9.17) is 9.47 Å². The second-order valence-corrected chi connectivity index (χ2v) is 5.13. The van der Waals surface area contributed by atoms with E-state index in [2.05, 4.69) is 0 Å². The highest BCUT2D eigenvalue weighted by Crippen LogP contribution is 2.26. The van der Waals surface area contributed by atoms with E-state index in [0.29, 0.717) is 22.6 Å². The molecule has 2 aromatic rings. The van der Waals surface area contributed by atoms with E-state index in [1.54, 1.807) is 23.6 Å². The molecule has 1 aromatic carbocycles. The summed E-state index contributed by atoms with van der Waals surface area (Å²) in [4.78, 5) is 22.4. The lowest BCUT2D eigenvalue weighted by Crippen LogP contribution is -1.99. The second kappa shape index (κ2) is 6.86. The number of hydrogen-bond donors (Lipinski definition) is 0. The average molecular weight is 319 g/mol. The number of allylic oxidation sites excluding steroid dienone is 1. The van der Waals surface area contributed by atoms with Gasteiger partial charge in [-0.3, -0.25) is 14.9 Å². The lowest BCUT2D eigenvalue weighted by Gasteiger charge is -2.07. The van der Waals surface area contributed by atoms with Gasteiger partial charge in [0.1, 0.15) is 11.5 Å². The van der Waals surface area contributed by atoms with Gasteiger partial charge in [0.2, 0.25) is 0 Å². The van der Waals surface area contributed by atoms with Crippen LogP contribution in [-0.2, 0) is 0 Å². The molecule has 7 heteroatoms. The molecule has 0 atom stereocenters. The largest absolute Gasteiger partial charge is 0.497 e. The van der Waals surface area contributed by atoms with Crippen LogP contribution in [0.2, 0.25) is 0 Å². The minimum Gasteiger partial charge on any atom is -0.497 e. The molecule has 0 aliphatic rings. The van der Waals surface area contributed by atoms with Gasteiger partial charge in [-0.1, -0.05) is 11.3 Å². The van der Waals surface area contributed by atoms with Gasteiger partial charge in [0.25, 0.3) is 0 Å². The van der Waals surface area contributed by atoms with Crippen LogP contribution < -0.4 is 9.47 Å². The first kappa shape index (κ1) is 15.7. The minimum atomic E-state index is -0.462. The topological polar surface area (TPSA) is 78.7 Å². The molecule has 0 N–H and O–H groups in total. The summed E-state index contributed by atoms with van der Waals surface area (Å²) in [5.41, 5.74) is 1.00. The minimum absolute atomic E-state index is 0.0362. The third kappa shape index (κ3) is 3.50. The lowest BCUT2D eigenvalue weighted by molar-refractivity contribution is -0.380. The Hall–Kier alpha value is -2.67. The molecule has 0 saturated carbocycles. The van der Waals surface area contributed by atoms with Crippen molar-refractivity contribution in [2.45, 2.75) is 0 Å². The van der Waals surface area contributed by atoms with Crippen molar-refractivity contribution >= 4 is 28.2 Å². The summed E-state index contributed by atoms with van der Waals surface area (Å²) < 4.78 is 10.2. The summed E-state index contributed by atoms with van der Waals surface area (Å²) in [6.07, 6.45) is 2.89. The number of ether oxygens (including phenoxy) is 2. The molecule has 0 fully saturated rings. The van der Waals surface area contributed by atoms with Crippen LogP contribution in [-0.4, -0.2) is 24.9 Å². The van der Waals surface area contributed by atoms with Gasteiger partial charge in [-0.2, -0.15) is 0 Å². The molecule has 114 valence electrons. The Morgan fingerprint density at radius 1 is 1.27 bits per heavy atom. The fraction of sp³-hybridized carbons (Fsp3) is 0.133. The third-order valence-corrected chi connectivity index (χ3v) is 3.79. The van der Waals surface area contributed by atoms with Crippen LogP contribution in [0.5, 0.6) is 11.5 Å². The van der Waals surface area contributed by atoms with Crippen molar-refractivity contribution in [3.05, 3.63) is 57.0 Å². The maximum Gasteiger partial charge on any atom is 0.324 e. The van der Waals surface area contributed by atoms with Crippen LogP contribution in [0.4, 0.5) is 5.00 Å². The fourth-order valence-corrected chi connectivity index (χ4v) is 2.48. The standard InChI is InChI=1S/C15H13NO5S/c1-20-11-4-5-12(14(8-11)21-2)13(17)6-3-10-7-15(16(18)19)22-9-10/h3-9H,1-2H3/b6-3+. The molecule has 0 amide bonds. The summed E-state index contributed by atoms with van der Waals surface area (Å²) in [7, 11) is 3.00. The van der Waals surface area contributed by atoms with E-state index >= 15 is 0 Å². The molecule has 1 heterocycles. The quantitative estimate of drug-likeness (QED) is 0.352. The fourth-order valence-electron chi connectivity index (χ4n) is 1.79. The van der Waals surface area contributed by atoms with Crippen molar-refractivity contribution in [3.63, 3.8) is 0 Å². The molecule has 0 spiro atoms. The number of nitro groups is 1. The molecule has 0 aliphatic carbocycles. The highest BCUT2D eigenvalue weighted by Gasteiger charge is 2.12. The number of carbonyl (C=O) groups excluding carboxylic acids is 1. The maximum atomic E-state index is 12.2. The van der Waals surface area contributed by atoms with Crippen molar-refractivity contribution in [1.29, 1.82) is 0 Å². The van der Waals surface area contributed by atoms with E-state index in [0.717, 1.165) is 11.3 Å². The monoisotopic (exact) mass is 319 g/mol. The maximum absolute atomic E-state index is 12.2. The zero-order valence-corrected chi connectivity index (χ0v) is 12.8. The van der Waals surface area contributed by atoms with Crippen LogP contribution in [0.1, 0.15) is 15.9 Å². The first-order valence-electron chi connectivity index (χ1n) is 6.22. The van der Waals surface area contributed by atoms with Crippen LogP contribution in [0.15, 0.2) is 35.7 Å². The smallest absolute Gasteiger partial charge is 0.324 e. The number of benzene rings is 1. The van der Waals surface area contributed by atoms with Gasteiger partial charge >= 0.3 is 5.00 Å². The summed E-state index contributed by atoms with van der Waals surface area (Å²) in [6, 6.07) is 6.32. The number of hydrogen-bond acceptors (Lipinski definition) is 6. The molecule has 22 heavy (non-hydrogen) atoms. The zero-order chi connectivity index (χ0) is 16.1. The van der Waals surface area contributed by atoms with Gasteiger partial charge in [-0.15, -0.1) is 0 Å². The molecule has 0 unspecified atom stereocenters. The molecule has 0 saturated heterocycles. The van der Waals surface area contributed by atoms with Crippen LogP contribution >= 0.6 is 11.3 Å². The third-order valence-electron chi connectivity index (χ3n) is 2.89. The Bertz CT molecular complexity index is 735. The SMILES string of the molecule is COc1ccc(C(=O)/C=C/c2csc([N+](=O)[O-])c2)c(OC)c1. The van der Waals surface area contributed by atoms with E-state index in [9.17, 15) is 14.9 Å². The number of ketones is 1. The van der Waals surface area contributed by atoms with E-state index in [1.165, 1.54) is 32.4 Å². The molecule has 1 aromatic heterocycles. The summed E-state index contributed by atoms with van der Waals surface area (Å²) >= 11 is 1.01. The Kier molecular flexibility index (Phi) is 4.90. The van der Waals surface area contributed by atoms with Crippen molar-refractivity contribution in [2.75, 3.05) is 14.2 Å². The molecule has 0 bridgehead atoms. The highest BCUT2D eigenvalue weighted by molar-refractivity contribution is 7.13. The molecular formula is C15H13NO5S. The first-order valence-corrected chi connectivity index (χ1v) is 7.10. The van der Waals surface area contributed by atoms with Gasteiger partial charge in [0.15, 0.2) is 5.78 Å². The molecular weight excluding hydrogens is 306 g/mol. The summed E-state index contributed by atoms with van der Waals surface area (Å²) in [6.45, 7) is 0. The number of methoxy groups -OCH3 is 2. The Morgan fingerprint density at radius 3 is 2.64 bits per heavy atom. The Morgan fingerprint density at radius 2 is 2.05 bits per heavy atom. The number of carbonyl (C=O) groups is 1. The van der Waals surface area contributed by atoms with Crippen LogP contribution in [0.3, 0.4) is 0 Å². The number of nitrogens with zero attached hydrogens (tertiary/aromatic N) is 1. The van der Waals surface area contributed by atoms with Crippen molar-refractivity contribution in [3.8, 4) is 11.5 Å². The van der Waals surface area contributed by atoms with Gasteiger partial charge in [-0.05, 0) is 29.8 Å². The summed E-state index contributed by atoms with van der Waals surface area (Å²) in [5, 5.41) is 12.3. The predicted octanol–water partition coefficient (Wildman–Crippen LogP) is 3.57. The zero-order valence-electron chi connectivity index (χ0n) is 11.9. The van der Waals surface area contributed by atoms with Gasteiger partial charge in [0, 0.05) is 17.5 Å². The van der Waals surface area contributed by atoms with E-state index in [1.807, 2.05) is 0 Å². The predicted molar refractivity (Wildman–Crippen MR) is 83.9 cm³/mol. The average Bonchev–Trinajstić information content (AvgIpc) is 3.01. The first-order chi connectivity index (χ1) is 10.5. The number of thiophene rings is 1. The Balaban J connectivity index is 2.20. The highest BCUT2D eigenvalue weighted by atomic mass is 32.1. The second-order valence-electron chi connectivity index (χ2n) is 4.24. The van der Waals surface area contributed by atoms with Gasteiger partial charge < -0.3 is 9.47 Å². The van der Waals surface area contributed by atoms with Crippen molar-refractivity contribution in [2.24, 2.45) is 0 Å². The van der Waals surface area contributed by atoms with E-state index < -0.39 is 4.92 Å². The van der Waals surface area contributed by atoms with Gasteiger partial charge in [0.05, 0.1) is 24.7 Å². The van der Waals surface area contributed by atoms with Crippen LogP contribution in [0, 0.1) is 10.1 Å². The van der Waals surface area contributed by atoms with E-state index in [-0.39, 0.29) is 10.8 Å². The molecule has 6 nitrogen and oxygen atoms in total. The summed E-state index contributed by atoms with van der Waals surface area (Å²) in [5.74, 6) is 0.740. The van der Waals surface area contributed by atoms with Crippen molar-refractivity contribution < 1.29 is 19.2 Å². The normalized spacial score (nSPS) is 10.6. The number of rotatable bonds is 6. The van der Waals surface area contributed by atoms with Gasteiger partial charge in [-0.25, -0.2) is 0 Å².